The van der Waals surface area contributed by atoms with Crippen LogP contribution in [0.4, 0.5) is 0 Å². The minimum Gasteiger partial charge on any atom is -0.505 e. The lowest BCUT2D eigenvalue weighted by Crippen LogP contribution is -2.15. The molecule has 0 aliphatic carbocycles. The average Bonchev–Trinajstić information content (AvgIpc) is 2.77. The summed E-state index contributed by atoms with van der Waals surface area (Å²) in [6.07, 6.45) is 1.63. The van der Waals surface area contributed by atoms with Crippen LogP contribution in [0.15, 0.2) is 4.79 Å². The maximum atomic E-state index is 11.8. The fraction of sp³-hybridized carbons (Fsp3) is 0.417. The number of esters is 1. The number of hydrogen-bond donors (Lipinski definition) is 2. The molecule has 2 rings (SSSR count). The first kappa shape index (κ1) is 13.5. The number of aromatic nitrogens is 2. The number of nitrogens with zero attached hydrogens (tertiary/aromatic N) is 1. The Kier molecular flexibility index (Phi) is 3.84. The van der Waals surface area contributed by atoms with Crippen LogP contribution in [0.5, 0.6) is 5.75 Å². The number of aromatic amines is 1. The van der Waals surface area contributed by atoms with Gasteiger partial charge in [0.05, 0.1) is 17.7 Å². The van der Waals surface area contributed by atoms with Crippen molar-refractivity contribution in [2.45, 2.75) is 26.7 Å². The van der Waals surface area contributed by atoms with E-state index in [0.29, 0.717) is 15.8 Å². The Bertz CT molecular complexity index is 674. The Balaban J connectivity index is 2.44. The van der Waals surface area contributed by atoms with Crippen LogP contribution in [0.2, 0.25) is 0 Å². The third-order valence-electron chi connectivity index (χ3n) is 2.72. The average molecular weight is 282 g/mol. The third kappa shape index (κ3) is 2.46. The Labute approximate surface area is 113 Å². The molecule has 7 heteroatoms. The molecule has 6 nitrogen and oxygen atoms in total. The summed E-state index contributed by atoms with van der Waals surface area (Å²) in [6, 6.07) is 0. The minimum absolute atomic E-state index is 0.211. The molecule has 2 heterocycles. The first-order valence-electron chi connectivity index (χ1n) is 5.94. The molecular weight excluding hydrogens is 268 g/mol. The van der Waals surface area contributed by atoms with E-state index in [-0.39, 0.29) is 18.1 Å². The number of nitrogens with one attached hydrogen (secondary N) is 1. The van der Waals surface area contributed by atoms with Crippen LogP contribution in [0, 0.1) is 6.92 Å². The largest absolute Gasteiger partial charge is 0.505 e. The van der Waals surface area contributed by atoms with Gasteiger partial charge < -0.3 is 14.8 Å². The van der Waals surface area contributed by atoms with Crippen molar-refractivity contribution in [3.8, 4) is 5.75 Å². The molecule has 0 radical (unpaired) electrons. The SMILES string of the molecule is CCCCOC(=O)c1[nH]c(=O)c2snc(C)c2c1O. The molecule has 0 aliphatic rings. The van der Waals surface area contributed by atoms with Crippen molar-refractivity contribution in [3.05, 3.63) is 21.7 Å². The van der Waals surface area contributed by atoms with Crippen molar-refractivity contribution in [2.75, 3.05) is 6.61 Å². The van der Waals surface area contributed by atoms with Gasteiger partial charge in [0.15, 0.2) is 11.4 Å². The summed E-state index contributed by atoms with van der Waals surface area (Å²) in [7, 11) is 0. The molecule has 102 valence electrons. The monoisotopic (exact) mass is 282 g/mol. The van der Waals surface area contributed by atoms with Gasteiger partial charge in [-0.1, -0.05) is 13.3 Å². The summed E-state index contributed by atoms with van der Waals surface area (Å²) in [5, 5.41) is 10.4. The summed E-state index contributed by atoms with van der Waals surface area (Å²) in [6.45, 7) is 3.90. The minimum atomic E-state index is -0.726. The molecule has 0 saturated heterocycles. The topological polar surface area (TPSA) is 92.3 Å². The van der Waals surface area contributed by atoms with Crippen molar-refractivity contribution in [2.24, 2.45) is 0 Å². The van der Waals surface area contributed by atoms with Gasteiger partial charge in [-0.3, -0.25) is 4.79 Å². The zero-order chi connectivity index (χ0) is 14.0. The molecule has 2 aromatic rings. The van der Waals surface area contributed by atoms with Crippen molar-refractivity contribution in [1.29, 1.82) is 0 Å². The second-order valence-electron chi connectivity index (χ2n) is 4.14. The van der Waals surface area contributed by atoms with E-state index in [2.05, 4.69) is 9.36 Å². The van der Waals surface area contributed by atoms with Crippen LogP contribution in [0.3, 0.4) is 0 Å². The number of pyridine rings is 1. The van der Waals surface area contributed by atoms with Gasteiger partial charge in [0.2, 0.25) is 0 Å². The quantitative estimate of drug-likeness (QED) is 0.660. The lowest BCUT2D eigenvalue weighted by atomic mass is 10.2. The van der Waals surface area contributed by atoms with Crippen molar-refractivity contribution < 1.29 is 14.6 Å². The van der Waals surface area contributed by atoms with Crippen molar-refractivity contribution in [1.82, 2.24) is 9.36 Å². The molecule has 2 aromatic heterocycles. The number of aryl methyl sites for hydroxylation is 1. The highest BCUT2D eigenvalue weighted by molar-refractivity contribution is 7.13. The van der Waals surface area contributed by atoms with Crippen molar-refractivity contribution in [3.63, 3.8) is 0 Å². The van der Waals surface area contributed by atoms with Gasteiger partial charge >= 0.3 is 5.97 Å². The highest BCUT2D eigenvalue weighted by Gasteiger charge is 2.21. The van der Waals surface area contributed by atoms with E-state index in [1.54, 1.807) is 6.92 Å². The number of ether oxygens (including phenoxy) is 1. The maximum Gasteiger partial charge on any atom is 0.358 e. The van der Waals surface area contributed by atoms with E-state index >= 15 is 0 Å². The van der Waals surface area contributed by atoms with Gasteiger partial charge in [0, 0.05) is 0 Å². The highest BCUT2D eigenvalue weighted by atomic mass is 32.1. The van der Waals surface area contributed by atoms with Crippen molar-refractivity contribution >= 4 is 27.6 Å². The molecule has 0 spiro atoms. The lowest BCUT2D eigenvalue weighted by Gasteiger charge is -2.06. The molecule has 0 fully saturated rings. The van der Waals surface area contributed by atoms with Crippen LogP contribution in [0.1, 0.15) is 35.9 Å². The molecule has 0 atom stereocenters. The zero-order valence-electron chi connectivity index (χ0n) is 10.6. The molecule has 19 heavy (non-hydrogen) atoms. The fourth-order valence-corrected chi connectivity index (χ4v) is 2.48. The van der Waals surface area contributed by atoms with E-state index in [0.717, 1.165) is 24.4 Å². The smallest absolute Gasteiger partial charge is 0.358 e. The number of carbonyl (C=O) groups is 1. The van der Waals surface area contributed by atoms with Gasteiger partial charge in [-0.2, -0.15) is 4.37 Å². The number of H-pyrrole nitrogens is 1. The maximum absolute atomic E-state index is 11.8. The number of rotatable bonds is 4. The molecule has 0 bridgehead atoms. The summed E-state index contributed by atoms with van der Waals surface area (Å²) in [5.41, 5.74) is -0.135. The van der Waals surface area contributed by atoms with Gasteiger partial charge in [0.1, 0.15) is 4.70 Å². The first-order valence-corrected chi connectivity index (χ1v) is 6.72. The molecular formula is C12H14N2O4S. The number of unbranched alkanes of at least 4 members (excludes halogenated alkanes) is 1. The highest BCUT2D eigenvalue weighted by Crippen LogP contribution is 2.30. The molecule has 0 amide bonds. The predicted molar refractivity (Wildman–Crippen MR) is 71.8 cm³/mol. The van der Waals surface area contributed by atoms with E-state index in [9.17, 15) is 14.7 Å². The molecule has 2 N–H and O–H groups in total. The Morgan fingerprint density at radius 2 is 2.26 bits per heavy atom. The van der Waals surface area contributed by atoms with E-state index in [1.165, 1.54) is 0 Å². The standard InChI is InChI=1S/C12H14N2O4S/c1-3-4-5-18-12(17)8-9(15)7-6(2)14-19-10(7)11(16)13-8/h15H,3-5H2,1-2H3,(H,13,16). The number of carbonyl (C=O) groups excluding carboxylic acids is 1. The summed E-state index contributed by atoms with van der Waals surface area (Å²) >= 11 is 0.991. The van der Waals surface area contributed by atoms with Crippen LogP contribution < -0.4 is 5.56 Å². The predicted octanol–water partition coefficient (Wildman–Crippen LogP) is 1.96. The van der Waals surface area contributed by atoms with Gasteiger partial charge in [-0.15, -0.1) is 0 Å². The van der Waals surface area contributed by atoms with Crippen LogP contribution in [-0.4, -0.2) is 27.0 Å². The fourth-order valence-electron chi connectivity index (χ4n) is 1.69. The Morgan fingerprint density at radius 3 is 2.95 bits per heavy atom. The molecule has 0 saturated carbocycles. The van der Waals surface area contributed by atoms with Crippen LogP contribution >= 0.6 is 11.5 Å². The normalized spacial score (nSPS) is 10.8. The zero-order valence-corrected chi connectivity index (χ0v) is 11.5. The van der Waals surface area contributed by atoms with Crippen LogP contribution in [0.25, 0.3) is 10.1 Å². The second-order valence-corrected chi connectivity index (χ2v) is 4.91. The third-order valence-corrected chi connectivity index (χ3v) is 3.65. The second kappa shape index (κ2) is 5.40. The number of hydrogen-bond acceptors (Lipinski definition) is 6. The molecule has 0 unspecified atom stereocenters. The van der Waals surface area contributed by atoms with E-state index < -0.39 is 11.5 Å². The number of aromatic hydroxyl groups is 1. The van der Waals surface area contributed by atoms with Gasteiger partial charge in [0.25, 0.3) is 5.56 Å². The molecule has 0 aromatic carbocycles. The number of fused-ring (bicyclic) bond motifs is 1. The summed E-state index contributed by atoms with van der Waals surface area (Å²) in [5.74, 6) is -1.00. The summed E-state index contributed by atoms with van der Waals surface area (Å²) < 4.78 is 9.29. The van der Waals surface area contributed by atoms with E-state index in [4.69, 9.17) is 4.74 Å². The van der Waals surface area contributed by atoms with Gasteiger partial charge in [-0.05, 0) is 24.9 Å². The lowest BCUT2D eigenvalue weighted by molar-refractivity contribution is 0.0489. The Morgan fingerprint density at radius 1 is 1.53 bits per heavy atom. The Hall–Kier alpha value is -1.89. The van der Waals surface area contributed by atoms with Crippen LogP contribution in [-0.2, 0) is 4.74 Å². The summed E-state index contributed by atoms with van der Waals surface area (Å²) in [4.78, 5) is 25.9. The van der Waals surface area contributed by atoms with Gasteiger partial charge in [-0.25, -0.2) is 4.79 Å². The molecule has 0 aliphatic heterocycles. The van der Waals surface area contributed by atoms with E-state index in [1.807, 2.05) is 6.92 Å². The first-order chi connectivity index (χ1) is 9.06.